The maximum Gasteiger partial charge on any atom is 0.266 e. The normalized spacial score (nSPS) is 11.3. The zero-order valence-corrected chi connectivity index (χ0v) is 20.8. The van der Waals surface area contributed by atoms with E-state index in [4.69, 9.17) is 10.5 Å². The Kier molecular flexibility index (Phi) is 7.48. The van der Waals surface area contributed by atoms with E-state index in [9.17, 15) is 20.0 Å². The Morgan fingerprint density at radius 1 is 1.11 bits per heavy atom. The fourth-order valence-electron chi connectivity index (χ4n) is 3.56. The number of hydrogen-bond acceptors (Lipinski definition) is 8. The molecule has 2 heterocycles. The van der Waals surface area contributed by atoms with Crippen molar-refractivity contribution in [3.05, 3.63) is 76.5 Å². The Bertz CT molecular complexity index is 1510. The van der Waals surface area contributed by atoms with Crippen molar-refractivity contribution in [2.45, 2.75) is 13.0 Å². The number of phenols is 1. The number of nitrogens with one attached hydrogen (secondary N) is 2. The molecule has 2 aromatic heterocycles. The summed E-state index contributed by atoms with van der Waals surface area (Å²) in [5, 5.41) is 27.9. The maximum atomic E-state index is 12.9. The third-order valence-corrected chi connectivity index (χ3v) is 6.31. The van der Waals surface area contributed by atoms with E-state index in [1.54, 1.807) is 66.9 Å². The van der Waals surface area contributed by atoms with Crippen LogP contribution in [0.2, 0.25) is 0 Å². The smallest absolute Gasteiger partial charge is 0.266 e. The highest BCUT2D eigenvalue weighted by Crippen LogP contribution is 2.37. The molecular weight excluding hydrogens is 490 g/mol. The van der Waals surface area contributed by atoms with Crippen molar-refractivity contribution in [2.75, 3.05) is 17.7 Å². The number of aromatic nitrogens is 1. The van der Waals surface area contributed by atoms with Crippen LogP contribution in [0.3, 0.4) is 0 Å². The number of thiophene rings is 1. The molecular formula is C27H23N5O4S. The van der Waals surface area contributed by atoms with Crippen molar-refractivity contribution >= 4 is 34.7 Å². The van der Waals surface area contributed by atoms with E-state index in [0.717, 1.165) is 0 Å². The van der Waals surface area contributed by atoms with E-state index in [1.807, 2.05) is 0 Å². The lowest BCUT2D eigenvalue weighted by atomic mass is 9.97. The van der Waals surface area contributed by atoms with Gasteiger partial charge >= 0.3 is 0 Å². The molecule has 10 heteroatoms. The first-order valence-electron chi connectivity index (χ1n) is 11.1. The minimum Gasteiger partial charge on any atom is -0.507 e. The number of methoxy groups -OCH3 is 1. The second-order valence-corrected chi connectivity index (χ2v) is 9.01. The van der Waals surface area contributed by atoms with Crippen LogP contribution in [-0.4, -0.2) is 35.1 Å². The van der Waals surface area contributed by atoms with Crippen LogP contribution in [0.15, 0.2) is 66.0 Å². The highest BCUT2D eigenvalue weighted by molar-refractivity contribution is 7.12. The number of rotatable bonds is 7. The molecule has 0 fully saturated rings. The van der Waals surface area contributed by atoms with Gasteiger partial charge in [0.15, 0.2) is 5.82 Å². The van der Waals surface area contributed by atoms with E-state index in [1.165, 1.54) is 24.5 Å². The molecule has 1 atom stereocenters. The molecule has 0 aliphatic rings. The van der Waals surface area contributed by atoms with Gasteiger partial charge in [0.1, 0.15) is 23.1 Å². The number of nitrogens with zero attached hydrogens (tertiary/aromatic N) is 2. The van der Waals surface area contributed by atoms with Gasteiger partial charge in [-0.3, -0.25) is 9.59 Å². The van der Waals surface area contributed by atoms with Gasteiger partial charge in [-0.2, -0.15) is 5.26 Å². The lowest BCUT2D eigenvalue weighted by Gasteiger charge is -2.15. The largest absolute Gasteiger partial charge is 0.507 e. The van der Waals surface area contributed by atoms with Gasteiger partial charge in [0, 0.05) is 16.8 Å². The first-order valence-corrected chi connectivity index (χ1v) is 12.0. The highest BCUT2D eigenvalue weighted by Gasteiger charge is 2.20. The summed E-state index contributed by atoms with van der Waals surface area (Å²) in [6.45, 7) is 1.57. The number of anilines is 2. The fourth-order valence-corrected chi connectivity index (χ4v) is 4.18. The second kappa shape index (κ2) is 10.9. The van der Waals surface area contributed by atoms with Crippen molar-refractivity contribution in [1.29, 1.82) is 5.26 Å². The Morgan fingerprint density at radius 2 is 1.92 bits per heavy atom. The maximum absolute atomic E-state index is 12.9. The molecule has 1 unspecified atom stereocenters. The summed E-state index contributed by atoms with van der Waals surface area (Å²) in [6.07, 6.45) is 0. The molecule has 4 aromatic rings. The Morgan fingerprint density at radius 3 is 2.59 bits per heavy atom. The molecule has 4 rings (SSSR count). The van der Waals surface area contributed by atoms with Gasteiger partial charge in [-0.1, -0.05) is 18.2 Å². The van der Waals surface area contributed by atoms with Crippen molar-refractivity contribution in [2.24, 2.45) is 5.73 Å². The van der Waals surface area contributed by atoms with Crippen molar-refractivity contribution in [3.8, 4) is 40.0 Å². The van der Waals surface area contributed by atoms with Gasteiger partial charge in [-0.25, -0.2) is 4.98 Å². The van der Waals surface area contributed by atoms with Crippen LogP contribution in [0.25, 0.3) is 22.4 Å². The van der Waals surface area contributed by atoms with Crippen LogP contribution in [-0.2, 0) is 4.79 Å². The number of carbonyl (C=O) groups is 2. The van der Waals surface area contributed by atoms with E-state index in [0.29, 0.717) is 38.7 Å². The predicted molar refractivity (Wildman–Crippen MR) is 143 cm³/mol. The Hall–Kier alpha value is -4.72. The Labute approximate surface area is 217 Å². The first kappa shape index (κ1) is 25.4. The minimum atomic E-state index is -0.707. The summed E-state index contributed by atoms with van der Waals surface area (Å²) in [5.74, 6) is -0.323. The summed E-state index contributed by atoms with van der Waals surface area (Å²) < 4.78 is 5.30. The molecule has 2 aromatic carbocycles. The average molecular weight is 514 g/mol. The number of ether oxygens (including phenoxy) is 1. The van der Waals surface area contributed by atoms with Crippen LogP contribution >= 0.6 is 11.3 Å². The second-order valence-electron chi connectivity index (χ2n) is 8.06. The number of pyridine rings is 1. The van der Waals surface area contributed by atoms with Crippen LogP contribution in [0.4, 0.5) is 11.5 Å². The summed E-state index contributed by atoms with van der Waals surface area (Å²) in [6, 6.07) is 18.0. The van der Waals surface area contributed by atoms with E-state index < -0.39 is 11.9 Å². The van der Waals surface area contributed by atoms with Crippen LogP contribution in [0.1, 0.15) is 22.2 Å². The van der Waals surface area contributed by atoms with Crippen LogP contribution < -0.4 is 21.1 Å². The summed E-state index contributed by atoms with van der Waals surface area (Å²) in [4.78, 5) is 30.0. The number of hydrogen-bond donors (Lipinski definition) is 4. The van der Waals surface area contributed by atoms with Crippen molar-refractivity contribution in [3.63, 3.8) is 0 Å². The molecule has 37 heavy (non-hydrogen) atoms. The molecule has 186 valence electrons. The first-order chi connectivity index (χ1) is 17.8. The lowest BCUT2D eigenvalue weighted by Crippen LogP contribution is -2.32. The third kappa shape index (κ3) is 5.59. The fraction of sp³-hybridized carbons (Fsp3) is 0.111. The number of nitrogens with two attached hydrogens (primary N) is 1. The lowest BCUT2D eigenvalue weighted by molar-refractivity contribution is -0.117. The summed E-state index contributed by atoms with van der Waals surface area (Å²) in [5.41, 5.74) is 7.94. The molecule has 2 amide bonds. The Balaban J connectivity index is 1.89. The quantitative estimate of drug-likeness (QED) is 0.282. The number of aromatic hydroxyl groups is 1. The predicted octanol–water partition coefficient (Wildman–Crippen LogP) is 4.60. The van der Waals surface area contributed by atoms with Crippen molar-refractivity contribution < 1.29 is 19.4 Å². The third-order valence-electron chi connectivity index (χ3n) is 5.44. The number of benzene rings is 2. The van der Waals surface area contributed by atoms with Gasteiger partial charge in [0.25, 0.3) is 5.91 Å². The highest BCUT2D eigenvalue weighted by atomic mass is 32.1. The molecule has 0 aliphatic carbocycles. The number of nitriles is 1. The van der Waals surface area contributed by atoms with Gasteiger partial charge < -0.3 is 26.2 Å². The van der Waals surface area contributed by atoms with Gasteiger partial charge in [-0.05, 0) is 60.3 Å². The molecule has 0 radical (unpaired) electrons. The van der Waals surface area contributed by atoms with Crippen LogP contribution in [0, 0.1) is 11.3 Å². The molecule has 0 saturated carbocycles. The summed E-state index contributed by atoms with van der Waals surface area (Å²) >= 11 is 1.25. The SMILES string of the molecule is COc1ccc(O)c(-c2cc(-c3cccc(NC(=O)C(C)N)c3)c(C#N)c(NC(=O)c3cccs3)n2)c1. The average Bonchev–Trinajstić information content (AvgIpc) is 3.44. The molecule has 9 nitrogen and oxygen atoms in total. The monoisotopic (exact) mass is 513 g/mol. The molecule has 5 N–H and O–H groups in total. The van der Waals surface area contributed by atoms with E-state index in [-0.39, 0.29) is 23.0 Å². The van der Waals surface area contributed by atoms with Crippen molar-refractivity contribution in [1.82, 2.24) is 4.98 Å². The van der Waals surface area contributed by atoms with E-state index in [2.05, 4.69) is 21.7 Å². The van der Waals surface area contributed by atoms with Gasteiger partial charge in [-0.15, -0.1) is 11.3 Å². The minimum absolute atomic E-state index is 0.0284. The standard InChI is InChI=1S/C27H23N5O4S/c1-15(29)26(34)30-17-6-3-5-16(11-17)19-13-22(20-12-18(36-2)8-9-23(20)33)31-25(21(19)14-28)32-27(35)24-7-4-10-37-24/h3-13,15,33H,29H2,1-2H3,(H,30,34)(H,31,32,35). The van der Waals surface area contributed by atoms with Crippen LogP contribution in [0.5, 0.6) is 11.5 Å². The molecule has 0 spiro atoms. The zero-order valence-electron chi connectivity index (χ0n) is 20.0. The number of amides is 2. The van der Waals surface area contributed by atoms with E-state index >= 15 is 0 Å². The molecule has 0 aliphatic heterocycles. The zero-order chi connectivity index (χ0) is 26.5. The number of carbonyl (C=O) groups excluding carboxylic acids is 2. The topological polar surface area (TPSA) is 150 Å². The summed E-state index contributed by atoms with van der Waals surface area (Å²) in [7, 11) is 1.50. The molecule has 0 bridgehead atoms. The molecule has 0 saturated heterocycles. The van der Waals surface area contributed by atoms with Gasteiger partial charge in [0.2, 0.25) is 5.91 Å². The van der Waals surface area contributed by atoms with Gasteiger partial charge in [0.05, 0.1) is 23.7 Å². The number of phenolic OH excluding ortho intramolecular Hbond substituents is 1.